The van der Waals surface area contributed by atoms with Crippen molar-refractivity contribution in [1.29, 1.82) is 0 Å². The Morgan fingerprint density at radius 3 is 2.32 bits per heavy atom. The van der Waals surface area contributed by atoms with Crippen LogP contribution in [-0.4, -0.2) is 23.2 Å². The van der Waals surface area contributed by atoms with Gasteiger partial charge in [0.2, 0.25) is 0 Å². The molecule has 3 N–H and O–H groups in total. The fourth-order valence-electron chi connectivity index (χ4n) is 3.53. The van der Waals surface area contributed by atoms with Gasteiger partial charge in [0.15, 0.2) is 0 Å². The lowest BCUT2D eigenvalue weighted by molar-refractivity contribution is 0.281. The van der Waals surface area contributed by atoms with E-state index in [4.69, 9.17) is 5.11 Å². The Kier molecular flexibility index (Phi) is 6.14. The number of aromatic amines is 1. The Balaban J connectivity index is 0.000000146. The lowest BCUT2D eigenvalue weighted by atomic mass is 9.83. The van der Waals surface area contributed by atoms with Crippen LogP contribution in [0.5, 0.6) is 5.75 Å². The summed E-state index contributed by atoms with van der Waals surface area (Å²) in [7, 11) is 0. The maximum atomic E-state index is 11.2. The highest BCUT2D eigenvalue weighted by Gasteiger charge is 2.22. The summed E-state index contributed by atoms with van der Waals surface area (Å²) in [5.41, 5.74) is -0.132. The summed E-state index contributed by atoms with van der Waals surface area (Å²) in [5.74, 6) is 3.21. The van der Waals surface area contributed by atoms with Crippen molar-refractivity contribution in [2.75, 3.05) is 13.1 Å². The average Bonchev–Trinajstić information content (AvgIpc) is 3.42. The van der Waals surface area contributed by atoms with E-state index in [2.05, 4.69) is 17.2 Å². The number of nitrogens with one attached hydrogen (secondary N) is 2. The Morgan fingerprint density at radius 2 is 1.68 bits per heavy atom. The van der Waals surface area contributed by atoms with Crippen LogP contribution >= 0.6 is 0 Å². The molecule has 0 spiro atoms. The Morgan fingerprint density at radius 1 is 1.04 bits per heavy atom. The van der Waals surface area contributed by atoms with Crippen LogP contribution in [0.3, 0.4) is 0 Å². The van der Waals surface area contributed by atoms with E-state index in [0.717, 1.165) is 23.1 Å². The third kappa shape index (κ3) is 5.60. The minimum absolute atomic E-state index is 0.132. The number of rotatable bonds is 4. The van der Waals surface area contributed by atoms with Crippen molar-refractivity contribution >= 4 is 10.8 Å². The number of hydrogen-bond donors (Lipinski definition) is 3. The van der Waals surface area contributed by atoms with Crippen molar-refractivity contribution in [3.05, 3.63) is 40.8 Å². The molecule has 1 aromatic heterocycles. The summed E-state index contributed by atoms with van der Waals surface area (Å²) >= 11 is 0. The topological polar surface area (TPSA) is 65.1 Å². The predicted octanol–water partition coefficient (Wildman–Crippen LogP) is 4.05. The van der Waals surface area contributed by atoms with Gasteiger partial charge in [0, 0.05) is 11.6 Å². The molecule has 2 aliphatic rings. The third-order valence-electron chi connectivity index (χ3n) is 5.46. The summed E-state index contributed by atoms with van der Waals surface area (Å²) in [5, 5.41) is 14.1. The van der Waals surface area contributed by atoms with Crippen LogP contribution in [0.15, 0.2) is 35.3 Å². The number of benzene rings is 1. The van der Waals surface area contributed by atoms with Crippen molar-refractivity contribution in [2.24, 2.45) is 17.8 Å². The minimum Gasteiger partial charge on any atom is -0.508 e. The van der Waals surface area contributed by atoms with Gasteiger partial charge in [-0.25, -0.2) is 0 Å². The molecule has 0 bridgehead atoms. The standard InChI is InChI=1S/C12H23N.C9H7NO2/c1-10-2-4-11(5-3-10)8-13-9-12-6-7-12;11-7-1-2-8-6(5-7)3-4-10-9(8)12/h10-13H,2-9H2,1H3;1-5,11H,(H,10,12). The molecule has 2 saturated carbocycles. The summed E-state index contributed by atoms with van der Waals surface area (Å²) in [6, 6.07) is 6.40. The second-order valence-corrected chi connectivity index (χ2v) is 7.81. The minimum atomic E-state index is -0.132. The molecule has 2 fully saturated rings. The van der Waals surface area contributed by atoms with E-state index in [1.807, 2.05) is 0 Å². The maximum absolute atomic E-state index is 11.2. The van der Waals surface area contributed by atoms with Gasteiger partial charge in [-0.05, 0) is 86.2 Å². The van der Waals surface area contributed by atoms with Gasteiger partial charge in [-0.3, -0.25) is 4.79 Å². The van der Waals surface area contributed by atoms with Crippen LogP contribution in [0, 0.1) is 17.8 Å². The zero-order valence-electron chi connectivity index (χ0n) is 15.1. The molecule has 4 heteroatoms. The van der Waals surface area contributed by atoms with E-state index in [-0.39, 0.29) is 11.3 Å². The van der Waals surface area contributed by atoms with Crippen LogP contribution in [0.2, 0.25) is 0 Å². The maximum Gasteiger partial charge on any atom is 0.255 e. The van der Waals surface area contributed by atoms with E-state index in [1.165, 1.54) is 57.7 Å². The number of aromatic hydroxyl groups is 1. The van der Waals surface area contributed by atoms with Gasteiger partial charge in [0.05, 0.1) is 0 Å². The number of phenols is 1. The lowest BCUT2D eigenvalue weighted by Gasteiger charge is -2.26. The van der Waals surface area contributed by atoms with E-state index in [9.17, 15) is 4.79 Å². The van der Waals surface area contributed by atoms with E-state index >= 15 is 0 Å². The van der Waals surface area contributed by atoms with Gasteiger partial charge in [-0.1, -0.05) is 19.8 Å². The monoisotopic (exact) mass is 342 g/mol. The summed E-state index contributed by atoms with van der Waals surface area (Å²) in [4.78, 5) is 13.7. The first kappa shape index (κ1) is 18.0. The largest absolute Gasteiger partial charge is 0.508 e. The first-order valence-corrected chi connectivity index (χ1v) is 9.63. The van der Waals surface area contributed by atoms with Crippen LogP contribution in [0.4, 0.5) is 0 Å². The number of pyridine rings is 1. The van der Waals surface area contributed by atoms with Crippen molar-refractivity contribution in [1.82, 2.24) is 10.3 Å². The van der Waals surface area contributed by atoms with E-state index < -0.39 is 0 Å². The molecule has 1 heterocycles. The quantitative estimate of drug-likeness (QED) is 0.785. The number of phenolic OH excluding ortho intramolecular Hbond substituents is 1. The molecule has 0 amide bonds. The molecule has 1 aromatic carbocycles. The smallest absolute Gasteiger partial charge is 0.255 e. The molecule has 0 aliphatic heterocycles. The molecule has 2 aliphatic carbocycles. The average molecular weight is 342 g/mol. The predicted molar refractivity (Wildman–Crippen MR) is 103 cm³/mol. The van der Waals surface area contributed by atoms with Crippen molar-refractivity contribution in [3.63, 3.8) is 0 Å². The number of hydrogen-bond acceptors (Lipinski definition) is 3. The number of aromatic nitrogens is 1. The van der Waals surface area contributed by atoms with Crippen LogP contribution in [0.25, 0.3) is 10.8 Å². The van der Waals surface area contributed by atoms with E-state index in [0.29, 0.717) is 5.39 Å². The molecular formula is C21H30N2O2. The molecule has 25 heavy (non-hydrogen) atoms. The third-order valence-corrected chi connectivity index (χ3v) is 5.46. The summed E-state index contributed by atoms with van der Waals surface area (Å²) < 4.78 is 0. The van der Waals surface area contributed by atoms with Crippen molar-refractivity contribution in [3.8, 4) is 5.75 Å². The molecule has 0 unspecified atom stereocenters. The molecule has 136 valence electrons. The fourth-order valence-corrected chi connectivity index (χ4v) is 3.53. The van der Waals surface area contributed by atoms with Crippen LogP contribution in [-0.2, 0) is 0 Å². The molecule has 4 rings (SSSR count). The van der Waals surface area contributed by atoms with Gasteiger partial charge < -0.3 is 15.4 Å². The van der Waals surface area contributed by atoms with Crippen LogP contribution < -0.4 is 10.9 Å². The Labute approximate surface area is 149 Å². The van der Waals surface area contributed by atoms with Gasteiger partial charge in [0.25, 0.3) is 5.56 Å². The zero-order chi connectivity index (χ0) is 17.6. The van der Waals surface area contributed by atoms with Gasteiger partial charge in [-0.2, -0.15) is 0 Å². The fraction of sp³-hybridized carbons (Fsp3) is 0.571. The highest BCUT2D eigenvalue weighted by molar-refractivity contribution is 5.82. The highest BCUT2D eigenvalue weighted by atomic mass is 16.3. The molecular weight excluding hydrogens is 312 g/mol. The van der Waals surface area contributed by atoms with Gasteiger partial charge >= 0.3 is 0 Å². The van der Waals surface area contributed by atoms with Gasteiger partial charge in [0.1, 0.15) is 5.75 Å². The lowest BCUT2D eigenvalue weighted by Crippen LogP contribution is -2.27. The normalized spacial score (nSPS) is 23.1. The molecule has 0 atom stereocenters. The molecule has 0 saturated heterocycles. The summed E-state index contributed by atoms with van der Waals surface area (Å²) in [6.07, 6.45) is 10.4. The summed E-state index contributed by atoms with van der Waals surface area (Å²) in [6.45, 7) is 4.99. The Hall–Kier alpha value is -1.81. The first-order valence-electron chi connectivity index (χ1n) is 9.63. The number of H-pyrrole nitrogens is 1. The highest BCUT2D eigenvalue weighted by Crippen LogP contribution is 2.29. The second kappa shape index (κ2) is 8.52. The zero-order valence-corrected chi connectivity index (χ0v) is 15.1. The molecule has 0 radical (unpaired) electrons. The van der Waals surface area contributed by atoms with E-state index in [1.54, 1.807) is 24.4 Å². The van der Waals surface area contributed by atoms with Crippen molar-refractivity contribution < 1.29 is 5.11 Å². The first-order chi connectivity index (χ1) is 12.1. The van der Waals surface area contributed by atoms with Crippen molar-refractivity contribution in [2.45, 2.75) is 45.4 Å². The molecule has 2 aromatic rings. The SMILES string of the molecule is CC1CCC(CNCC2CC2)CC1.O=c1[nH]ccc2cc(O)ccc12. The van der Waals surface area contributed by atoms with Gasteiger partial charge in [-0.15, -0.1) is 0 Å². The number of fused-ring (bicyclic) bond motifs is 1. The van der Waals surface area contributed by atoms with Crippen LogP contribution in [0.1, 0.15) is 45.4 Å². The Bertz CT molecular complexity index is 728. The molecule has 4 nitrogen and oxygen atoms in total. The second-order valence-electron chi connectivity index (χ2n) is 7.81.